The van der Waals surface area contributed by atoms with Crippen LogP contribution in [0.2, 0.25) is 0 Å². The van der Waals surface area contributed by atoms with Gasteiger partial charge in [0.1, 0.15) is 11.3 Å². The maximum atomic E-state index is 11.6. The second-order valence-electron chi connectivity index (χ2n) is 11.0. The van der Waals surface area contributed by atoms with Gasteiger partial charge in [0, 0.05) is 46.2 Å². The molecule has 5 rings (SSSR count). The van der Waals surface area contributed by atoms with Crippen molar-refractivity contribution in [2.45, 2.75) is 58.4 Å². The molecule has 0 fully saturated rings. The van der Waals surface area contributed by atoms with Crippen molar-refractivity contribution in [2.75, 3.05) is 6.61 Å². The van der Waals surface area contributed by atoms with Gasteiger partial charge in [0.05, 0.1) is 18.7 Å². The van der Waals surface area contributed by atoms with E-state index in [1.807, 2.05) is 42.6 Å². The van der Waals surface area contributed by atoms with E-state index in [4.69, 9.17) is 19.2 Å². The van der Waals surface area contributed by atoms with E-state index in [9.17, 15) is 14.7 Å². The lowest BCUT2D eigenvalue weighted by molar-refractivity contribution is -0.137. The molecule has 2 aromatic carbocycles. The lowest BCUT2D eigenvalue weighted by Crippen LogP contribution is -2.11. The number of furan rings is 1. The molecule has 3 heterocycles. The van der Waals surface area contributed by atoms with Crippen molar-refractivity contribution < 1.29 is 29.0 Å². The summed E-state index contributed by atoms with van der Waals surface area (Å²) < 4.78 is 14.0. The van der Waals surface area contributed by atoms with Crippen LogP contribution in [0.15, 0.2) is 58.5 Å². The SMILES string of the molecule is CC(C)(C)c1csc(-c2cc3cc(Cn4cc(CC(=O)O)c5cc(OCCCCC(=O)O)ccc54)ccc3o2)n1. The molecule has 0 radical (unpaired) electrons. The third-order valence-corrected chi connectivity index (χ3v) is 7.60. The van der Waals surface area contributed by atoms with E-state index in [1.165, 1.54) is 0 Å². The van der Waals surface area contributed by atoms with Crippen molar-refractivity contribution >= 4 is 45.1 Å². The molecule has 0 bridgehead atoms. The zero-order chi connectivity index (χ0) is 28.4. The van der Waals surface area contributed by atoms with Crippen molar-refractivity contribution in [1.82, 2.24) is 9.55 Å². The third kappa shape index (κ3) is 6.20. The number of thiazole rings is 1. The average Bonchev–Trinajstić information content (AvgIpc) is 3.61. The quantitative estimate of drug-likeness (QED) is 0.165. The molecule has 0 atom stereocenters. The third-order valence-electron chi connectivity index (χ3n) is 6.75. The zero-order valence-electron chi connectivity index (χ0n) is 22.8. The van der Waals surface area contributed by atoms with Crippen LogP contribution in [0.5, 0.6) is 5.75 Å². The molecule has 0 aliphatic carbocycles. The highest BCUT2D eigenvalue weighted by Gasteiger charge is 2.20. The fourth-order valence-electron chi connectivity index (χ4n) is 4.67. The van der Waals surface area contributed by atoms with Gasteiger partial charge in [0.15, 0.2) is 10.8 Å². The van der Waals surface area contributed by atoms with Crippen LogP contribution in [0.3, 0.4) is 0 Å². The normalized spacial score (nSPS) is 11.9. The van der Waals surface area contributed by atoms with Crippen LogP contribution in [0.4, 0.5) is 0 Å². The molecule has 0 aliphatic heterocycles. The number of carboxylic acids is 2. The lowest BCUT2D eigenvalue weighted by atomic mass is 9.93. The van der Waals surface area contributed by atoms with Crippen LogP contribution < -0.4 is 4.74 Å². The van der Waals surface area contributed by atoms with Crippen LogP contribution in [-0.2, 0) is 28.0 Å². The number of aromatic nitrogens is 2. The van der Waals surface area contributed by atoms with Crippen LogP contribution in [0.1, 0.15) is 56.9 Å². The topological polar surface area (TPSA) is 115 Å². The van der Waals surface area contributed by atoms with E-state index in [1.54, 1.807) is 11.3 Å². The smallest absolute Gasteiger partial charge is 0.307 e. The Bertz CT molecular complexity index is 1690. The monoisotopic (exact) mass is 560 g/mol. The number of rotatable bonds is 11. The first-order valence-corrected chi connectivity index (χ1v) is 14.1. The fraction of sp³-hybridized carbons (Fsp3) is 0.323. The van der Waals surface area contributed by atoms with Crippen molar-refractivity contribution in [3.05, 3.63) is 70.9 Å². The summed E-state index contributed by atoms with van der Waals surface area (Å²) in [5, 5.41) is 23.0. The van der Waals surface area contributed by atoms with Crippen molar-refractivity contribution in [2.24, 2.45) is 0 Å². The summed E-state index contributed by atoms with van der Waals surface area (Å²) in [4.78, 5) is 27.1. The molecule has 40 heavy (non-hydrogen) atoms. The van der Waals surface area contributed by atoms with E-state index in [2.05, 4.69) is 36.8 Å². The van der Waals surface area contributed by atoms with Gasteiger partial charge >= 0.3 is 11.9 Å². The molecule has 3 aromatic heterocycles. The summed E-state index contributed by atoms with van der Waals surface area (Å²) in [7, 11) is 0. The summed E-state index contributed by atoms with van der Waals surface area (Å²) in [5.74, 6) is -0.333. The summed E-state index contributed by atoms with van der Waals surface area (Å²) in [6.45, 7) is 7.39. The average molecular weight is 561 g/mol. The van der Waals surface area contributed by atoms with Gasteiger partial charge in [0.25, 0.3) is 0 Å². The molecule has 0 saturated heterocycles. The van der Waals surface area contributed by atoms with Gasteiger partial charge in [-0.3, -0.25) is 9.59 Å². The number of hydrogen-bond donors (Lipinski definition) is 2. The second-order valence-corrected chi connectivity index (χ2v) is 11.9. The van der Waals surface area contributed by atoms with Crippen LogP contribution in [0, 0.1) is 0 Å². The van der Waals surface area contributed by atoms with Gasteiger partial charge in [-0.15, -0.1) is 11.3 Å². The van der Waals surface area contributed by atoms with Crippen molar-refractivity contribution in [3.63, 3.8) is 0 Å². The number of benzene rings is 2. The molecular weight excluding hydrogens is 528 g/mol. The molecule has 208 valence electrons. The molecule has 5 aromatic rings. The van der Waals surface area contributed by atoms with Crippen molar-refractivity contribution in [3.8, 4) is 16.5 Å². The molecule has 0 unspecified atom stereocenters. The van der Waals surface area contributed by atoms with Gasteiger partial charge in [-0.2, -0.15) is 0 Å². The number of aliphatic carboxylic acids is 2. The number of nitrogens with zero attached hydrogens (tertiary/aromatic N) is 2. The highest BCUT2D eigenvalue weighted by molar-refractivity contribution is 7.13. The Balaban J connectivity index is 1.38. The van der Waals surface area contributed by atoms with Gasteiger partial charge in [0.2, 0.25) is 0 Å². The Morgan fingerprint density at radius 2 is 1.88 bits per heavy atom. The van der Waals surface area contributed by atoms with Gasteiger partial charge in [-0.05, 0) is 60.4 Å². The molecule has 9 heteroatoms. The number of hydrogen-bond acceptors (Lipinski definition) is 6. The number of carbonyl (C=O) groups is 2. The molecule has 8 nitrogen and oxygen atoms in total. The zero-order valence-corrected chi connectivity index (χ0v) is 23.6. The molecule has 0 spiro atoms. The Morgan fingerprint density at radius 1 is 1.05 bits per heavy atom. The Hall–Kier alpha value is -4.11. The van der Waals surface area contributed by atoms with Crippen LogP contribution in [0.25, 0.3) is 32.6 Å². The standard InChI is InChI=1S/C31H32N2O6S/c1-31(2,3)27-18-40-30(32-27)26-13-20-12-19(7-10-25(20)39-26)16-33-17-21(14-29(36)37)23-15-22(8-9-24(23)33)38-11-5-4-6-28(34)35/h7-10,12-13,15,17-18H,4-6,11,14,16H2,1-3H3,(H,34,35)(H,36,37). The first kappa shape index (κ1) is 27.5. The van der Waals surface area contributed by atoms with Crippen LogP contribution in [-0.4, -0.2) is 38.3 Å². The number of carboxylic acid groups (broad SMARTS) is 2. The molecule has 0 amide bonds. The Morgan fingerprint density at radius 3 is 2.60 bits per heavy atom. The summed E-state index contributed by atoms with van der Waals surface area (Å²) in [6, 6.07) is 13.8. The number of ether oxygens (including phenoxy) is 1. The minimum absolute atomic E-state index is 0.0260. The van der Waals surface area contributed by atoms with Crippen molar-refractivity contribution in [1.29, 1.82) is 0 Å². The minimum atomic E-state index is -0.900. The largest absolute Gasteiger partial charge is 0.494 e. The molecule has 2 N–H and O–H groups in total. The van der Waals surface area contributed by atoms with E-state index in [0.29, 0.717) is 37.3 Å². The summed E-state index contributed by atoms with van der Waals surface area (Å²) >= 11 is 1.58. The fourth-order valence-corrected chi connectivity index (χ4v) is 5.66. The van der Waals surface area contributed by atoms with Gasteiger partial charge < -0.3 is 23.9 Å². The van der Waals surface area contributed by atoms with E-state index < -0.39 is 11.9 Å². The van der Waals surface area contributed by atoms with E-state index in [0.717, 1.165) is 43.9 Å². The van der Waals surface area contributed by atoms with E-state index in [-0.39, 0.29) is 18.3 Å². The molecule has 0 aliphatic rings. The van der Waals surface area contributed by atoms with Crippen LogP contribution >= 0.6 is 11.3 Å². The summed E-state index contributed by atoms with van der Waals surface area (Å²) in [5.41, 5.74) is 4.50. The summed E-state index contributed by atoms with van der Waals surface area (Å²) in [6.07, 6.45) is 3.08. The van der Waals surface area contributed by atoms with Gasteiger partial charge in [-0.1, -0.05) is 26.8 Å². The molecular formula is C31H32N2O6S. The van der Waals surface area contributed by atoms with Gasteiger partial charge in [-0.25, -0.2) is 4.98 Å². The number of fused-ring (bicyclic) bond motifs is 2. The first-order chi connectivity index (χ1) is 19.1. The predicted molar refractivity (Wildman–Crippen MR) is 155 cm³/mol. The highest BCUT2D eigenvalue weighted by atomic mass is 32.1. The molecule has 0 saturated carbocycles. The lowest BCUT2D eigenvalue weighted by Gasteiger charge is -2.13. The maximum absolute atomic E-state index is 11.6. The van der Waals surface area contributed by atoms with E-state index >= 15 is 0 Å². The first-order valence-electron chi connectivity index (χ1n) is 13.2. The second kappa shape index (κ2) is 11.2. The maximum Gasteiger partial charge on any atom is 0.307 e. The predicted octanol–water partition coefficient (Wildman–Crippen LogP) is 7.12. The highest BCUT2D eigenvalue weighted by Crippen LogP contribution is 2.34. The minimum Gasteiger partial charge on any atom is -0.494 e. The Labute approximate surface area is 235 Å². The Kier molecular flexibility index (Phi) is 7.67. The number of unbranched alkanes of at least 4 members (excludes halogenated alkanes) is 1.